The van der Waals surface area contributed by atoms with E-state index in [1.54, 1.807) is 4.90 Å². The zero-order valence-electron chi connectivity index (χ0n) is 14.5. The van der Waals surface area contributed by atoms with E-state index in [0.29, 0.717) is 12.5 Å². The molecular formula is C18H30ClN3O+2. The molecule has 1 atom stereocenters. The van der Waals surface area contributed by atoms with Crippen LogP contribution in [0.1, 0.15) is 26.3 Å². The Kier molecular flexibility index (Phi) is 6.88. The minimum absolute atomic E-state index is 0.180. The van der Waals surface area contributed by atoms with Crippen molar-refractivity contribution >= 4 is 17.5 Å². The van der Waals surface area contributed by atoms with E-state index in [4.69, 9.17) is 11.6 Å². The first-order valence-electron chi connectivity index (χ1n) is 8.65. The van der Waals surface area contributed by atoms with Crippen molar-refractivity contribution < 1.29 is 14.6 Å². The molecule has 1 amide bonds. The number of halogens is 1. The van der Waals surface area contributed by atoms with Crippen LogP contribution >= 0.6 is 11.6 Å². The van der Waals surface area contributed by atoms with Gasteiger partial charge in [-0.2, -0.15) is 0 Å². The Morgan fingerprint density at radius 3 is 2.43 bits per heavy atom. The smallest absolute Gasteiger partial charge is 0.275 e. The lowest BCUT2D eigenvalue weighted by atomic mass is 10.1. The van der Waals surface area contributed by atoms with Crippen LogP contribution in [0.4, 0.5) is 0 Å². The van der Waals surface area contributed by atoms with E-state index >= 15 is 0 Å². The van der Waals surface area contributed by atoms with E-state index < -0.39 is 0 Å². The molecule has 1 saturated heterocycles. The van der Waals surface area contributed by atoms with E-state index in [1.165, 1.54) is 10.5 Å². The molecule has 1 aromatic rings. The van der Waals surface area contributed by atoms with E-state index in [0.717, 1.165) is 37.7 Å². The van der Waals surface area contributed by atoms with Gasteiger partial charge in [-0.1, -0.05) is 37.6 Å². The summed E-state index contributed by atoms with van der Waals surface area (Å²) in [5.41, 5.74) is 1.29. The van der Waals surface area contributed by atoms with Gasteiger partial charge >= 0.3 is 0 Å². The van der Waals surface area contributed by atoms with Gasteiger partial charge in [-0.15, -0.1) is 0 Å². The first kappa shape index (κ1) is 18.2. The van der Waals surface area contributed by atoms with Gasteiger partial charge in [0.25, 0.3) is 5.91 Å². The van der Waals surface area contributed by atoms with Crippen molar-refractivity contribution in [3.8, 4) is 0 Å². The molecule has 1 aliphatic rings. The number of carbonyl (C=O) groups is 1. The summed E-state index contributed by atoms with van der Waals surface area (Å²) >= 11 is 6.05. The quantitative estimate of drug-likeness (QED) is 0.659. The van der Waals surface area contributed by atoms with Crippen molar-refractivity contribution in [1.82, 2.24) is 5.32 Å². The third-order valence-corrected chi connectivity index (χ3v) is 5.04. The van der Waals surface area contributed by atoms with Crippen molar-refractivity contribution in [3.05, 3.63) is 34.9 Å². The van der Waals surface area contributed by atoms with Crippen LogP contribution in [0.2, 0.25) is 5.02 Å². The lowest BCUT2D eigenvalue weighted by Crippen LogP contribution is -3.28. The molecular weight excluding hydrogens is 310 g/mol. The Balaban J connectivity index is 1.72. The molecule has 5 heteroatoms. The largest absolute Gasteiger partial charge is 0.348 e. The van der Waals surface area contributed by atoms with Crippen LogP contribution in [0.25, 0.3) is 0 Å². The number of piperazine rings is 1. The maximum atomic E-state index is 12.1. The van der Waals surface area contributed by atoms with Crippen molar-refractivity contribution in [2.24, 2.45) is 5.92 Å². The minimum Gasteiger partial charge on any atom is -0.348 e. The van der Waals surface area contributed by atoms with Gasteiger partial charge in [-0.25, -0.2) is 0 Å². The number of nitrogens with one attached hydrogen (secondary N) is 3. The Morgan fingerprint density at radius 1 is 1.17 bits per heavy atom. The van der Waals surface area contributed by atoms with Crippen LogP contribution in [0.5, 0.6) is 0 Å². The molecule has 3 N–H and O–H groups in total. The highest BCUT2D eigenvalue weighted by atomic mass is 35.5. The summed E-state index contributed by atoms with van der Waals surface area (Å²) in [6.07, 6.45) is 0. The van der Waals surface area contributed by atoms with Gasteiger partial charge < -0.3 is 15.1 Å². The molecule has 1 heterocycles. The fourth-order valence-electron chi connectivity index (χ4n) is 2.94. The number of hydrogen-bond acceptors (Lipinski definition) is 1. The van der Waals surface area contributed by atoms with E-state index in [-0.39, 0.29) is 11.9 Å². The molecule has 0 saturated carbocycles. The molecule has 4 nitrogen and oxygen atoms in total. The monoisotopic (exact) mass is 339 g/mol. The van der Waals surface area contributed by atoms with Crippen LogP contribution in [0.15, 0.2) is 24.3 Å². The molecule has 1 aromatic carbocycles. The van der Waals surface area contributed by atoms with Crippen LogP contribution in [-0.4, -0.2) is 44.7 Å². The predicted molar refractivity (Wildman–Crippen MR) is 93.9 cm³/mol. The number of quaternary nitrogens is 2. The molecule has 0 spiro atoms. The third-order valence-electron chi connectivity index (χ3n) is 4.81. The zero-order valence-corrected chi connectivity index (χ0v) is 15.2. The summed E-state index contributed by atoms with van der Waals surface area (Å²) in [5.74, 6) is 0.660. The molecule has 0 aliphatic carbocycles. The SMILES string of the molecule is CC(C)[C@H](C)NC(=O)C[NH+]1CC[NH+](Cc2cccc(Cl)c2)CC1. The fraction of sp³-hybridized carbons (Fsp3) is 0.611. The fourth-order valence-corrected chi connectivity index (χ4v) is 3.16. The highest BCUT2D eigenvalue weighted by Crippen LogP contribution is 2.09. The third kappa shape index (κ3) is 6.13. The highest BCUT2D eigenvalue weighted by molar-refractivity contribution is 6.30. The number of benzene rings is 1. The molecule has 0 bridgehead atoms. The highest BCUT2D eigenvalue weighted by Gasteiger charge is 2.25. The maximum Gasteiger partial charge on any atom is 0.275 e. The van der Waals surface area contributed by atoms with Crippen molar-refractivity contribution in [2.75, 3.05) is 32.7 Å². The van der Waals surface area contributed by atoms with E-state index in [1.807, 2.05) is 12.1 Å². The number of carbonyl (C=O) groups excluding carboxylic acids is 1. The number of hydrogen-bond donors (Lipinski definition) is 3. The minimum atomic E-state index is 0.180. The Labute approximate surface area is 144 Å². The molecule has 1 fully saturated rings. The maximum absolute atomic E-state index is 12.1. The summed E-state index contributed by atoms with van der Waals surface area (Å²) in [4.78, 5) is 15.1. The first-order valence-corrected chi connectivity index (χ1v) is 9.02. The normalized spacial score (nSPS) is 22.8. The molecule has 0 radical (unpaired) electrons. The van der Waals surface area contributed by atoms with Gasteiger partial charge in [0.15, 0.2) is 6.54 Å². The van der Waals surface area contributed by atoms with Gasteiger partial charge in [-0.3, -0.25) is 4.79 Å². The molecule has 0 unspecified atom stereocenters. The van der Waals surface area contributed by atoms with Crippen LogP contribution in [0, 0.1) is 5.92 Å². The predicted octanol–water partition coefficient (Wildman–Crippen LogP) is -0.216. The second-order valence-corrected chi connectivity index (χ2v) is 7.52. The van der Waals surface area contributed by atoms with Crippen LogP contribution in [0.3, 0.4) is 0 Å². The lowest BCUT2D eigenvalue weighted by Gasteiger charge is -2.30. The topological polar surface area (TPSA) is 38.0 Å². The van der Waals surface area contributed by atoms with Gasteiger partial charge in [0.2, 0.25) is 0 Å². The molecule has 0 aromatic heterocycles. The summed E-state index contributed by atoms with van der Waals surface area (Å²) in [5, 5.41) is 3.91. The van der Waals surface area contributed by atoms with Crippen molar-refractivity contribution in [3.63, 3.8) is 0 Å². The average Bonchev–Trinajstić information content (AvgIpc) is 2.49. The Hall–Kier alpha value is -1.10. The Morgan fingerprint density at radius 2 is 1.83 bits per heavy atom. The molecule has 23 heavy (non-hydrogen) atoms. The summed E-state index contributed by atoms with van der Waals surface area (Å²) in [6.45, 7) is 12.3. The molecule has 128 valence electrons. The van der Waals surface area contributed by atoms with Gasteiger partial charge in [0.1, 0.15) is 32.7 Å². The van der Waals surface area contributed by atoms with Crippen molar-refractivity contribution in [1.29, 1.82) is 0 Å². The van der Waals surface area contributed by atoms with Crippen molar-refractivity contribution in [2.45, 2.75) is 33.4 Å². The van der Waals surface area contributed by atoms with E-state index in [2.05, 4.69) is 38.2 Å². The summed E-state index contributed by atoms with van der Waals surface area (Å²) in [7, 11) is 0. The second kappa shape index (κ2) is 8.67. The van der Waals surface area contributed by atoms with Gasteiger partial charge in [0.05, 0.1) is 0 Å². The van der Waals surface area contributed by atoms with Crippen LogP contribution < -0.4 is 15.1 Å². The van der Waals surface area contributed by atoms with Gasteiger partial charge in [0, 0.05) is 16.6 Å². The van der Waals surface area contributed by atoms with Gasteiger partial charge in [-0.05, 0) is 25.0 Å². The lowest BCUT2D eigenvalue weighted by molar-refractivity contribution is -1.02. The number of rotatable bonds is 6. The Bertz CT molecular complexity index is 513. The standard InChI is InChI=1S/C18H28ClN3O/c1-14(2)15(3)20-18(23)13-22-9-7-21(8-10-22)12-16-5-4-6-17(19)11-16/h4-6,11,14-15H,7-10,12-13H2,1-3H3,(H,20,23)/p+2/t15-/m0/s1. The first-order chi connectivity index (χ1) is 10.9. The molecule has 2 rings (SSSR count). The number of amides is 1. The molecule has 1 aliphatic heterocycles. The summed E-state index contributed by atoms with van der Waals surface area (Å²) < 4.78 is 0. The summed E-state index contributed by atoms with van der Waals surface area (Å²) in [6, 6.07) is 8.36. The van der Waals surface area contributed by atoms with E-state index in [9.17, 15) is 4.79 Å². The second-order valence-electron chi connectivity index (χ2n) is 7.08. The average molecular weight is 340 g/mol. The van der Waals surface area contributed by atoms with Crippen LogP contribution in [-0.2, 0) is 11.3 Å². The zero-order chi connectivity index (χ0) is 16.8.